The molecule has 0 spiro atoms. The van der Waals surface area contributed by atoms with E-state index in [-0.39, 0.29) is 6.61 Å². The number of hydrogen-bond donors (Lipinski definition) is 1. The fourth-order valence-corrected chi connectivity index (χ4v) is 12.4. The summed E-state index contributed by atoms with van der Waals surface area (Å²) >= 11 is -2.43. The normalized spacial score (nSPS) is 12.6. The summed E-state index contributed by atoms with van der Waals surface area (Å²) in [7, 11) is 6.69. The zero-order valence-corrected chi connectivity index (χ0v) is 13.0. The van der Waals surface area contributed by atoms with Gasteiger partial charge in [0.2, 0.25) is 0 Å². The third-order valence-corrected chi connectivity index (χ3v) is 14.9. The van der Waals surface area contributed by atoms with E-state index in [4.69, 9.17) is 14.0 Å². The monoisotopic (exact) mass is 326 g/mol. The van der Waals surface area contributed by atoms with E-state index in [0.717, 1.165) is 0 Å². The van der Waals surface area contributed by atoms with Crippen LogP contribution in [0, 0.1) is 0 Å². The third kappa shape index (κ3) is 7.13. The molecule has 0 aliphatic heterocycles. The molecule has 0 unspecified atom stereocenters. The van der Waals surface area contributed by atoms with Crippen LogP contribution in [-0.4, -0.2) is 29.0 Å². The molecule has 0 rings (SSSR count). The van der Waals surface area contributed by atoms with Crippen LogP contribution < -0.4 is 0 Å². The Hall–Kier alpha value is 0.789. The van der Waals surface area contributed by atoms with Gasteiger partial charge in [-0.1, -0.05) is 0 Å². The van der Waals surface area contributed by atoms with Crippen molar-refractivity contribution in [2.75, 3.05) is 6.61 Å². The van der Waals surface area contributed by atoms with Crippen LogP contribution in [0.15, 0.2) is 10.2 Å². The van der Waals surface area contributed by atoms with Crippen molar-refractivity contribution >= 4 is 26.2 Å². The fourth-order valence-electron chi connectivity index (χ4n) is 1.50. The first kappa shape index (κ1) is 14.8. The van der Waals surface area contributed by atoms with Gasteiger partial charge in [-0.2, -0.15) is 0 Å². The predicted octanol–water partition coefficient (Wildman–Crippen LogP) is 3.86. The number of unbranched alkanes of at least 4 members (excludes halogenated alkanes) is 2. The van der Waals surface area contributed by atoms with Crippen LogP contribution in [0.3, 0.4) is 0 Å². The number of halogens is 1. The van der Waals surface area contributed by atoms with E-state index >= 15 is 0 Å². The molecule has 0 aliphatic carbocycles. The molecule has 0 amide bonds. The SMILES string of the molecule is CCC[CH2][Sn]([Cl])(/[CH]=C\CO)[CH2]CCC. The Labute approximate surface area is 96.1 Å². The molecular weight excluding hydrogens is 302 g/mol. The van der Waals surface area contributed by atoms with Crippen molar-refractivity contribution in [1.29, 1.82) is 0 Å². The minimum absolute atomic E-state index is 0.143. The van der Waals surface area contributed by atoms with Crippen LogP contribution in [0.2, 0.25) is 8.87 Å². The van der Waals surface area contributed by atoms with Crippen LogP contribution in [0.1, 0.15) is 39.5 Å². The van der Waals surface area contributed by atoms with Crippen molar-refractivity contribution < 1.29 is 5.11 Å². The fraction of sp³-hybridized carbons (Fsp3) is 0.818. The van der Waals surface area contributed by atoms with Crippen molar-refractivity contribution in [1.82, 2.24) is 0 Å². The van der Waals surface area contributed by atoms with E-state index in [1.54, 1.807) is 0 Å². The van der Waals surface area contributed by atoms with E-state index in [2.05, 4.69) is 17.9 Å². The number of rotatable bonds is 8. The van der Waals surface area contributed by atoms with Gasteiger partial charge in [-0.15, -0.1) is 0 Å². The summed E-state index contributed by atoms with van der Waals surface area (Å²) in [5, 5.41) is 8.77. The molecule has 0 aromatic carbocycles. The van der Waals surface area contributed by atoms with Crippen molar-refractivity contribution in [3.05, 3.63) is 10.2 Å². The van der Waals surface area contributed by atoms with Crippen molar-refractivity contribution in [3.8, 4) is 0 Å². The molecule has 1 nitrogen and oxygen atoms in total. The van der Waals surface area contributed by atoms with Gasteiger partial charge in [0.05, 0.1) is 0 Å². The summed E-state index contributed by atoms with van der Waals surface area (Å²) in [6.45, 7) is 4.56. The van der Waals surface area contributed by atoms with Crippen molar-refractivity contribution in [3.63, 3.8) is 0 Å². The van der Waals surface area contributed by atoms with Crippen LogP contribution in [0.5, 0.6) is 0 Å². The Morgan fingerprint density at radius 1 is 1.14 bits per heavy atom. The van der Waals surface area contributed by atoms with Gasteiger partial charge >= 0.3 is 96.5 Å². The van der Waals surface area contributed by atoms with E-state index in [9.17, 15) is 0 Å². The van der Waals surface area contributed by atoms with E-state index in [0.29, 0.717) is 0 Å². The summed E-state index contributed by atoms with van der Waals surface area (Å²) in [6.07, 6.45) is 6.81. The summed E-state index contributed by atoms with van der Waals surface area (Å²) in [6, 6.07) is 0. The predicted molar refractivity (Wildman–Crippen MR) is 67.3 cm³/mol. The van der Waals surface area contributed by atoms with Crippen LogP contribution in [-0.2, 0) is 0 Å². The summed E-state index contributed by atoms with van der Waals surface area (Å²) in [4.78, 5) is 0. The van der Waals surface area contributed by atoms with Crippen molar-refractivity contribution in [2.45, 2.75) is 48.4 Å². The molecule has 0 aliphatic rings. The molecule has 14 heavy (non-hydrogen) atoms. The molecule has 3 heteroatoms. The molecule has 0 saturated heterocycles. The second-order valence-corrected chi connectivity index (χ2v) is 18.6. The summed E-state index contributed by atoms with van der Waals surface area (Å²) in [5.74, 6) is 0. The zero-order valence-electron chi connectivity index (χ0n) is 9.43. The zero-order chi connectivity index (χ0) is 10.9. The first-order valence-electron chi connectivity index (χ1n) is 5.66. The van der Waals surface area contributed by atoms with Crippen molar-refractivity contribution in [2.24, 2.45) is 0 Å². The second kappa shape index (κ2) is 9.05. The quantitative estimate of drug-likeness (QED) is 0.672. The molecule has 0 bridgehead atoms. The molecule has 0 saturated carbocycles. The number of hydrogen-bond acceptors (Lipinski definition) is 1. The standard InChI is InChI=1S/2C4H9.C3H5O.ClH.Sn/c2*1-3-4-2;1-2-3-4;;/h2*1,3-4H2,2H3;1-2,4H,3H2;1H;/q;;;;+1/p-1. The Morgan fingerprint density at radius 2 is 1.64 bits per heavy atom. The molecule has 84 valence electrons. The Kier molecular flexibility index (Phi) is 9.56. The minimum atomic E-state index is -2.43. The maximum atomic E-state index is 8.77. The average Bonchev–Trinajstić information content (AvgIpc) is 2.21. The van der Waals surface area contributed by atoms with Gasteiger partial charge in [0.1, 0.15) is 0 Å². The van der Waals surface area contributed by atoms with Gasteiger partial charge in [-0.25, -0.2) is 0 Å². The van der Waals surface area contributed by atoms with E-state index in [1.807, 2.05) is 6.08 Å². The molecular formula is C11H23ClOSn. The van der Waals surface area contributed by atoms with Gasteiger partial charge in [-0.3, -0.25) is 0 Å². The van der Waals surface area contributed by atoms with Crippen LogP contribution >= 0.6 is 8.92 Å². The Balaban J connectivity index is 4.09. The molecule has 0 aromatic heterocycles. The maximum absolute atomic E-state index is 8.77. The van der Waals surface area contributed by atoms with Gasteiger partial charge in [-0.05, 0) is 0 Å². The van der Waals surface area contributed by atoms with E-state index < -0.39 is 17.3 Å². The molecule has 1 N–H and O–H groups in total. The van der Waals surface area contributed by atoms with Crippen LogP contribution in [0.4, 0.5) is 0 Å². The first-order chi connectivity index (χ1) is 6.68. The summed E-state index contributed by atoms with van der Waals surface area (Å²) < 4.78 is 4.63. The van der Waals surface area contributed by atoms with Gasteiger partial charge in [0.15, 0.2) is 0 Å². The Bertz CT molecular complexity index is 151. The summed E-state index contributed by atoms with van der Waals surface area (Å²) in [5.41, 5.74) is 0. The van der Waals surface area contributed by atoms with E-state index in [1.165, 1.54) is 34.6 Å². The molecule has 0 radical (unpaired) electrons. The van der Waals surface area contributed by atoms with Gasteiger partial charge < -0.3 is 0 Å². The van der Waals surface area contributed by atoms with Gasteiger partial charge in [0.25, 0.3) is 0 Å². The second-order valence-electron chi connectivity index (χ2n) is 3.83. The number of aliphatic hydroxyl groups excluding tert-OH is 1. The van der Waals surface area contributed by atoms with Crippen LogP contribution in [0.25, 0.3) is 0 Å². The third-order valence-electron chi connectivity index (χ3n) is 2.41. The Morgan fingerprint density at radius 3 is 2.00 bits per heavy atom. The molecule has 0 aromatic rings. The molecule has 0 atom stereocenters. The average molecular weight is 325 g/mol. The molecule has 0 heterocycles. The molecule has 0 fully saturated rings. The topological polar surface area (TPSA) is 20.2 Å². The first-order valence-corrected chi connectivity index (χ1v) is 15.0. The van der Waals surface area contributed by atoms with Gasteiger partial charge in [0, 0.05) is 0 Å². The number of aliphatic hydroxyl groups is 1.